The summed E-state index contributed by atoms with van der Waals surface area (Å²) in [6.45, 7) is 3.08. The van der Waals surface area contributed by atoms with Crippen molar-refractivity contribution in [2.24, 2.45) is 5.92 Å². The number of rotatable bonds is 4. The van der Waals surface area contributed by atoms with E-state index in [1.165, 1.54) is 6.92 Å². The van der Waals surface area contributed by atoms with Crippen molar-refractivity contribution in [3.8, 4) is 5.75 Å². The molecule has 1 aliphatic rings. The quantitative estimate of drug-likeness (QED) is 0.787. The van der Waals surface area contributed by atoms with Gasteiger partial charge in [0, 0.05) is 19.5 Å². The summed E-state index contributed by atoms with van der Waals surface area (Å²) >= 11 is 0. The van der Waals surface area contributed by atoms with Crippen molar-refractivity contribution >= 4 is 23.2 Å². The van der Waals surface area contributed by atoms with Crippen molar-refractivity contribution in [2.75, 3.05) is 30.8 Å². The summed E-state index contributed by atoms with van der Waals surface area (Å²) < 4.78 is 5.17. The normalized spacial score (nSPS) is 17.9. The Morgan fingerprint density at radius 3 is 2.71 bits per heavy atom. The molecule has 3 N–H and O–H groups in total. The van der Waals surface area contributed by atoms with Crippen LogP contribution < -0.4 is 20.7 Å². The highest BCUT2D eigenvalue weighted by molar-refractivity contribution is 6.00. The zero-order valence-corrected chi connectivity index (χ0v) is 12.4. The average Bonchev–Trinajstić information content (AvgIpc) is 2.49. The zero-order valence-electron chi connectivity index (χ0n) is 12.4. The molecule has 0 bridgehead atoms. The average molecular weight is 291 g/mol. The van der Waals surface area contributed by atoms with E-state index >= 15 is 0 Å². The monoisotopic (exact) mass is 291 g/mol. The molecule has 114 valence electrons. The molecule has 1 atom stereocenters. The fourth-order valence-electron chi connectivity index (χ4n) is 2.36. The molecule has 6 nitrogen and oxygen atoms in total. The van der Waals surface area contributed by atoms with Gasteiger partial charge in [-0.3, -0.25) is 9.59 Å². The van der Waals surface area contributed by atoms with Crippen LogP contribution in [0.2, 0.25) is 0 Å². The SMILES string of the molecule is COc1ccc(NC(C)=O)c(NC(=O)C2CCCNC2)c1. The lowest BCUT2D eigenvalue weighted by Gasteiger charge is -2.22. The number of carbonyl (C=O) groups is 2. The number of ether oxygens (including phenoxy) is 1. The van der Waals surface area contributed by atoms with E-state index in [0.29, 0.717) is 23.7 Å². The number of hydrogen-bond acceptors (Lipinski definition) is 4. The maximum absolute atomic E-state index is 12.3. The number of amides is 2. The highest BCUT2D eigenvalue weighted by Gasteiger charge is 2.21. The van der Waals surface area contributed by atoms with Gasteiger partial charge in [0.25, 0.3) is 0 Å². The van der Waals surface area contributed by atoms with Gasteiger partial charge in [-0.25, -0.2) is 0 Å². The first-order valence-electron chi connectivity index (χ1n) is 7.07. The Balaban J connectivity index is 2.15. The van der Waals surface area contributed by atoms with Gasteiger partial charge >= 0.3 is 0 Å². The molecule has 1 aliphatic heterocycles. The van der Waals surface area contributed by atoms with E-state index in [2.05, 4.69) is 16.0 Å². The predicted octanol–water partition coefficient (Wildman–Crippen LogP) is 1.59. The topological polar surface area (TPSA) is 79.5 Å². The molecule has 2 rings (SSSR count). The molecule has 1 aromatic carbocycles. The lowest BCUT2D eigenvalue weighted by Crippen LogP contribution is -2.37. The van der Waals surface area contributed by atoms with Crippen LogP contribution in [0.25, 0.3) is 0 Å². The summed E-state index contributed by atoms with van der Waals surface area (Å²) in [5, 5.41) is 8.81. The first-order chi connectivity index (χ1) is 10.1. The third-order valence-electron chi connectivity index (χ3n) is 3.46. The Labute approximate surface area is 124 Å². The molecule has 1 unspecified atom stereocenters. The standard InChI is InChI=1S/C15H21N3O3/c1-10(19)17-13-6-5-12(21-2)8-14(13)18-15(20)11-4-3-7-16-9-11/h5-6,8,11,16H,3-4,7,9H2,1-2H3,(H,17,19)(H,18,20). The van der Waals surface area contributed by atoms with Gasteiger partial charge in [-0.05, 0) is 31.5 Å². The van der Waals surface area contributed by atoms with Crippen LogP contribution >= 0.6 is 0 Å². The second-order valence-corrected chi connectivity index (χ2v) is 5.13. The Morgan fingerprint density at radius 2 is 2.10 bits per heavy atom. The van der Waals surface area contributed by atoms with E-state index in [9.17, 15) is 9.59 Å². The van der Waals surface area contributed by atoms with Gasteiger partial charge in [-0.1, -0.05) is 0 Å². The summed E-state index contributed by atoms with van der Waals surface area (Å²) in [5.41, 5.74) is 1.13. The van der Waals surface area contributed by atoms with Crippen LogP contribution in [-0.4, -0.2) is 32.0 Å². The predicted molar refractivity (Wildman–Crippen MR) is 81.5 cm³/mol. The van der Waals surface area contributed by atoms with E-state index in [-0.39, 0.29) is 17.7 Å². The third-order valence-corrected chi connectivity index (χ3v) is 3.46. The number of carbonyl (C=O) groups excluding carboxylic acids is 2. The van der Waals surface area contributed by atoms with Gasteiger partial charge in [0.1, 0.15) is 5.75 Å². The van der Waals surface area contributed by atoms with E-state index in [1.807, 2.05) is 0 Å². The summed E-state index contributed by atoms with van der Waals surface area (Å²) in [6, 6.07) is 5.16. The smallest absolute Gasteiger partial charge is 0.228 e. The third kappa shape index (κ3) is 4.19. The number of nitrogens with one attached hydrogen (secondary N) is 3. The van der Waals surface area contributed by atoms with Crippen LogP contribution in [-0.2, 0) is 9.59 Å². The first-order valence-corrected chi connectivity index (χ1v) is 7.07. The molecule has 0 radical (unpaired) electrons. The molecular formula is C15H21N3O3. The second kappa shape index (κ2) is 7.08. The molecule has 1 aromatic rings. The first kappa shape index (κ1) is 15.3. The van der Waals surface area contributed by atoms with Crippen molar-refractivity contribution in [1.29, 1.82) is 0 Å². The maximum atomic E-state index is 12.3. The molecule has 0 spiro atoms. The Morgan fingerprint density at radius 1 is 1.29 bits per heavy atom. The molecule has 0 saturated carbocycles. The Bertz CT molecular complexity index is 525. The molecular weight excluding hydrogens is 270 g/mol. The molecule has 0 aromatic heterocycles. The van der Waals surface area contributed by atoms with E-state index in [4.69, 9.17) is 4.74 Å². The van der Waals surface area contributed by atoms with Gasteiger partial charge in [-0.15, -0.1) is 0 Å². The fraction of sp³-hybridized carbons (Fsp3) is 0.467. The number of methoxy groups -OCH3 is 1. The summed E-state index contributed by atoms with van der Waals surface area (Å²) in [5.74, 6) is 0.355. The van der Waals surface area contributed by atoms with Gasteiger partial charge in [-0.2, -0.15) is 0 Å². The molecule has 21 heavy (non-hydrogen) atoms. The molecule has 1 saturated heterocycles. The van der Waals surface area contributed by atoms with E-state index in [1.54, 1.807) is 25.3 Å². The summed E-state index contributed by atoms with van der Waals surface area (Å²) in [6.07, 6.45) is 1.87. The Kier molecular flexibility index (Phi) is 5.16. The van der Waals surface area contributed by atoms with Gasteiger partial charge in [0.15, 0.2) is 0 Å². The zero-order chi connectivity index (χ0) is 15.2. The largest absolute Gasteiger partial charge is 0.497 e. The molecule has 6 heteroatoms. The number of hydrogen-bond donors (Lipinski definition) is 3. The van der Waals surface area contributed by atoms with Crippen LogP contribution in [0.1, 0.15) is 19.8 Å². The van der Waals surface area contributed by atoms with Crippen molar-refractivity contribution in [2.45, 2.75) is 19.8 Å². The van der Waals surface area contributed by atoms with E-state index in [0.717, 1.165) is 19.4 Å². The van der Waals surface area contributed by atoms with Crippen molar-refractivity contribution < 1.29 is 14.3 Å². The van der Waals surface area contributed by atoms with E-state index < -0.39 is 0 Å². The van der Waals surface area contributed by atoms with Crippen LogP contribution in [0.3, 0.4) is 0 Å². The fourth-order valence-corrected chi connectivity index (χ4v) is 2.36. The van der Waals surface area contributed by atoms with Gasteiger partial charge in [0.2, 0.25) is 11.8 Å². The van der Waals surface area contributed by atoms with Crippen molar-refractivity contribution in [3.05, 3.63) is 18.2 Å². The second-order valence-electron chi connectivity index (χ2n) is 5.13. The minimum absolute atomic E-state index is 0.0398. The summed E-state index contributed by atoms with van der Waals surface area (Å²) in [7, 11) is 1.56. The summed E-state index contributed by atoms with van der Waals surface area (Å²) in [4.78, 5) is 23.5. The molecule has 1 fully saturated rings. The van der Waals surface area contributed by atoms with Crippen LogP contribution in [0.5, 0.6) is 5.75 Å². The Hall–Kier alpha value is -2.08. The lowest BCUT2D eigenvalue weighted by molar-refractivity contribution is -0.120. The molecule has 1 heterocycles. The number of anilines is 2. The minimum atomic E-state index is -0.185. The maximum Gasteiger partial charge on any atom is 0.228 e. The van der Waals surface area contributed by atoms with Crippen LogP contribution in [0.15, 0.2) is 18.2 Å². The van der Waals surface area contributed by atoms with Gasteiger partial charge < -0.3 is 20.7 Å². The highest BCUT2D eigenvalue weighted by atomic mass is 16.5. The molecule has 0 aliphatic carbocycles. The minimum Gasteiger partial charge on any atom is -0.497 e. The number of piperidine rings is 1. The molecule has 2 amide bonds. The van der Waals surface area contributed by atoms with Crippen molar-refractivity contribution in [1.82, 2.24) is 5.32 Å². The van der Waals surface area contributed by atoms with Crippen LogP contribution in [0, 0.1) is 5.92 Å². The van der Waals surface area contributed by atoms with Crippen molar-refractivity contribution in [3.63, 3.8) is 0 Å². The van der Waals surface area contributed by atoms with Crippen LogP contribution in [0.4, 0.5) is 11.4 Å². The van der Waals surface area contributed by atoms with Gasteiger partial charge in [0.05, 0.1) is 24.4 Å². The highest BCUT2D eigenvalue weighted by Crippen LogP contribution is 2.28. The number of benzene rings is 1. The lowest BCUT2D eigenvalue weighted by atomic mass is 9.98.